The molecule has 0 saturated carbocycles. The van der Waals surface area contributed by atoms with Crippen LogP contribution in [0.2, 0.25) is 10.0 Å². The second-order valence-corrected chi connectivity index (χ2v) is 5.16. The van der Waals surface area contributed by atoms with Crippen molar-refractivity contribution < 1.29 is 0 Å². The predicted molar refractivity (Wildman–Crippen MR) is 73.0 cm³/mol. The molecule has 0 aromatic carbocycles. The van der Waals surface area contributed by atoms with Crippen LogP contribution in [-0.4, -0.2) is 36.1 Å². The van der Waals surface area contributed by atoms with Crippen molar-refractivity contribution in [2.75, 3.05) is 31.5 Å². The van der Waals surface area contributed by atoms with Crippen LogP contribution in [0.4, 0.5) is 5.82 Å². The smallest absolute Gasteiger partial charge is 0.144 e. The Kier molecular flexibility index (Phi) is 4.89. The minimum Gasteiger partial charge on any atom is -0.368 e. The average molecular weight is 274 g/mol. The van der Waals surface area contributed by atoms with E-state index in [1.165, 1.54) is 32.4 Å². The van der Waals surface area contributed by atoms with Gasteiger partial charge in [-0.3, -0.25) is 0 Å². The van der Waals surface area contributed by atoms with Gasteiger partial charge in [0.2, 0.25) is 0 Å². The largest absolute Gasteiger partial charge is 0.368 e. The van der Waals surface area contributed by atoms with Crippen molar-refractivity contribution in [3.8, 4) is 0 Å². The zero-order chi connectivity index (χ0) is 12.1. The lowest BCUT2D eigenvalue weighted by Crippen LogP contribution is -2.33. The Morgan fingerprint density at radius 1 is 1.24 bits per heavy atom. The summed E-state index contributed by atoms with van der Waals surface area (Å²) in [6, 6.07) is 1.71. The van der Waals surface area contributed by atoms with Crippen LogP contribution in [0.5, 0.6) is 0 Å². The second-order valence-electron chi connectivity index (χ2n) is 4.31. The van der Waals surface area contributed by atoms with Crippen LogP contribution in [0.15, 0.2) is 12.3 Å². The first-order valence-electron chi connectivity index (χ1n) is 6.03. The predicted octanol–water partition coefficient (Wildman–Crippen LogP) is 3.29. The topological polar surface area (TPSA) is 28.2 Å². The molecule has 5 heteroatoms. The highest BCUT2D eigenvalue weighted by atomic mass is 35.5. The van der Waals surface area contributed by atoms with Crippen LogP contribution >= 0.6 is 23.2 Å². The number of rotatable bonds is 4. The number of aromatic nitrogens is 1. The molecule has 0 amide bonds. The van der Waals surface area contributed by atoms with Crippen LogP contribution in [0.1, 0.15) is 19.3 Å². The van der Waals surface area contributed by atoms with Gasteiger partial charge in [-0.2, -0.15) is 0 Å². The summed E-state index contributed by atoms with van der Waals surface area (Å²) in [5.41, 5.74) is 0. The summed E-state index contributed by atoms with van der Waals surface area (Å²) in [5, 5.41) is 4.39. The molecule has 0 aliphatic carbocycles. The van der Waals surface area contributed by atoms with Crippen molar-refractivity contribution in [3.05, 3.63) is 22.3 Å². The maximum absolute atomic E-state index is 6.03. The number of hydrogen-bond acceptors (Lipinski definition) is 3. The Labute approximate surface area is 112 Å². The van der Waals surface area contributed by atoms with Crippen LogP contribution < -0.4 is 5.32 Å². The van der Waals surface area contributed by atoms with Crippen molar-refractivity contribution in [1.29, 1.82) is 0 Å². The SMILES string of the molecule is Clc1cnc(NCCN2CCCCC2)c(Cl)c1. The molecule has 1 N–H and O–H groups in total. The zero-order valence-electron chi connectivity index (χ0n) is 9.75. The lowest BCUT2D eigenvalue weighted by molar-refractivity contribution is 0.237. The van der Waals surface area contributed by atoms with Gasteiger partial charge >= 0.3 is 0 Å². The van der Waals surface area contributed by atoms with Gasteiger partial charge in [-0.05, 0) is 32.0 Å². The van der Waals surface area contributed by atoms with Crippen LogP contribution in [0, 0.1) is 0 Å². The van der Waals surface area contributed by atoms with E-state index >= 15 is 0 Å². The molecule has 0 radical (unpaired) electrons. The normalized spacial score (nSPS) is 17.1. The highest BCUT2D eigenvalue weighted by Crippen LogP contribution is 2.22. The van der Waals surface area contributed by atoms with Gasteiger partial charge in [0, 0.05) is 19.3 Å². The fraction of sp³-hybridized carbons (Fsp3) is 0.583. The maximum atomic E-state index is 6.03. The summed E-state index contributed by atoms with van der Waals surface area (Å²) in [6.45, 7) is 4.34. The van der Waals surface area contributed by atoms with Crippen molar-refractivity contribution in [1.82, 2.24) is 9.88 Å². The standard InChI is InChI=1S/C12H17Cl2N3/c13-10-8-11(14)12(16-9-10)15-4-7-17-5-2-1-3-6-17/h8-9H,1-7H2,(H,15,16). The summed E-state index contributed by atoms with van der Waals surface area (Å²) in [6.07, 6.45) is 5.62. The zero-order valence-corrected chi connectivity index (χ0v) is 11.3. The van der Waals surface area contributed by atoms with Crippen LogP contribution in [0.25, 0.3) is 0 Å². The molecule has 1 fully saturated rings. The Morgan fingerprint density at radius 2 is 2.00 bits per heavy atom. The summed E-state index contributed by atoms with van der Waals surface area (Å²) in [5.74, 6) is 0.716. The number of halogens is 2. The van der Waals surface area contributed by atoms with E-state index in [-0.39, 0.29) is 0 Å². The molecule has 17 heavy (non-hydrogen) atoms. The van der Waals surface area contributed by atoms with E-state index in [0.717, 1.165) is 13.1 Å². The molecule has 1 aliphatic heterocycles. The molecular formula is C12H17Cl2N3. The molecule has 1 saturated heterocycles. The van der Waals surface area contributed by atoms with Crippen molar-refractivity contribution in [2.24, 2.45) is 0 Å². The van der Waals surface area contributed by atoms with E-state index < -0.39 is 0 Å². The molecule has 3 nitrogen and oxygen atoms in total. The molecule has 1 aromatic rings. The first-order valence-corrected chi connectivity index (χ1v) is 6.78. The second kappa shape index (κ2) is 6.43. The van der Waals surface area contributed by atoms with Crippen molar-refractivity contribution in [3.63, 3.8) is 0 Å². The molecule has 2 rings (SSSR count). The molecule has 1 aromatic heterocycles. The Morgan fingerprint density at radius 3 is 2.71 bits per heavy atom. The first-order chi connectivity index (χ1) is 8.25. The summed E-state index contributed by atoms with van der Waals surface area (Å²) in [7, 11) is 0. The van der Waals surface area contributed by atoms with Gasteiger partial charge in [0.1, 0.15) is 5.82 Å². The van der Waals surface area contributed by atoms with Crippen molar-refractivity contribution >= 4 is 29.0 Å². The Hall–Kier alpha value is -0.510. The molecule has 0 bridgehead atoms. The van der Waals surface area contributed by atoms with Gasteiger partial charge < -0.3 is 10.2 Å². The van der Waals surface area contributed by atoms with Crippen LogP contribution in [-0.2, 0) is 0 Å². The Balaban J connectivity index is 1.77. The van der Waals surface area contributed by atoms with Gasteiger partial charge in [0.25, 0.3) is 0 Å². The van der Waals surface area contributed by atoms with E-state index in [1.54, 1.807) is 12.3 Å². The van der Waals surface area contributed by atoms with E-state index in [4.69, 9.17) is 23.2 Å². The van der Waals surface area contributed by atoms with Gasteiger partial charge in [-0.25, -0.2) is 4.98 Å². The quantitative estimate of drug-likeness (QED) is 0.913. The van der Waals surface area contributed by atoms with Gasteiger partial charge in [-0.1, -0.05) is 29.6 Å². The van der Waals surface area contributed by atoms with Gasteiger partial charge in [0.05, 0.1) is 10.0 Å². The molecule has 1 aliphatic rings. The number of likely N-dealkylation sites (tertiary alicyclic amines) is 1. The summed E-state index contributed by atoms with van der Waals surface area (Å²) >= 11 is 11.8. The number of nitrogens with zero attached hydrogens (tertiary/aromatic N) is 2. The number of hydrogen-bond donors (Lipinski definition) is 1. The lowest BCUT2D eigenvalue weighted by Gasteiger charge is -2.26. The van der Waals surface area contributed by atoms with Gasteiger partial charge in [0.15, 0.2) is 0 Å². The van der Waals surface area contributed by atoms with Gasteiger partial charge in [-0.15, -0.1) is 0 Å². The van der Waals surface area contributed by atoms with E-state index in [1.807, 2.05) is 0 Å². The number of anilines is 1. The highest BCUT2D eigenvalue weighted by molar-refractivity contribution is 6.35. The molecule has 0 unspecified atom stereocenters. The fourth-order valence-electron chi connectivity index (χ4n) is 2.06. The third-order valence-corrected chi connectivity index (χ3v) is 3.47. The average Bonchev–Trinajstić information content (AvgIpc) is 2.33. The minimum atomic E-state index is 0.566. The number of pyridine rings is 1. The summed E-state index contributed by atoms with van der Waals surface area (Å²) in [4.78, 5) is 6.64. The maximum Gasteiger partial charge on any atom is 0.144 e. The molecule has 0 atom stereocenters. The highest BCUT2D eigenvalue weighted by Gasteiger charge is 2.09. The van der Waals surface area contributed by atoms with E-state index in [0.29, 0.717) is 15.9 Å². The third-order valence-electron chi connectivity index (χ3n) is 2.98. The number of piperidine rings is 1. The summed E-state index contributed by atoms with van der Waals surface area (Å²) < 4.78 is 0. The van der Waals surface area contributed by atoms with Crippen LogP contribution in [0.3, 0.4) is 0 Å². The molecular weight excluding hydrogens is 257 g/mol. The number of nitrogens with one attached hydrogen (secondary N) is 1. The third kappa shape index (κ3) is 4.02. The monoisotopic (exact) mass is 273 g/mol. The Bertz CT molecular complexity index is 365. The van der Waals surface area contributed by atoms with E-state index in [2.05, 4.69) is 15.2 Å². The fourth-order valence-corrected chi connectivity index (χ4v) is 2.51. The molecule has 2 heterocycles. The van der Waals surface area contributed by atoms with Crippen molar-refractivity contribution in [2.45, 2.75) is 19.3 Å². The minimum absolute atomic E-state index is 0.566. The lowest BCUT2D eigenvalue weighted by atomic mass is 10.1. The first kappa shape index (κ1) is 12.9. The molecule has 0 spiro atoms. The molecule has 94 valence electrons. The van der Waals surface area contributed by atoms with E-state index in [9.17, 15) is 0 Å².